The molecule has 16 heavy (non-hydrogen) atoms. The molecule has 0 saturated heterocycles. The van der Waals surface area contributed by atoms with Gasteiger partial charge in [0.25, 0.3) is 5.56 Å². The van der Waals surface area contributed by atoms with Gasteiger partial charge in [0.2, 0.25) is 5.65 Å². The van der Waals surface area contributed by atoms with E-state index in [0.29, 0.717) is 5.65 Å². The summed E-state index contributed by atoms with van der Waals surface area (Å²) in [6.45, 7) is 0. The molecule has 5 nitrogen and oxygen atoms in total. The Hall–Kier alpha value is -1.59. The summed E-state index contributed by atoms with van der Waals surface area (Å²) < 4.78 is 1.67. The molecule has 0 bridgehead atoms. The second-order valence-corrected chi connectivity index (χ2v) is 3.00. The number of benzene rings is 1. The average Bonchev–Trinajstić information content (AvgIpc) is 2.67. The van der Waals surface area contributed by atoms with Crippen molar-refractivity contribution in [3.8, 4) is 0 Å². The van der Waals surface area contributed by atoms with Crippen molar-refractivity contribution in [1.82, 2.24) is 19.6 Å². The number of H-pyrrole nitrogens is 1. The summed E-state index contributed by atoms with van der Waals surface area (Å²) >= 11 is 0. The highest BCUT2D eigenvalue weighted by Gasteiger charge is 2.04. The van der Waals surface area contributed by atoms with E-state index in [9.17, 15) is 4.79 Å². The van der Waals surface area contributed by atoms with Crippen LogP contribution in [0.5, 0.6) is 0 Å². The number of rotatable bonds is 0. The molecule has 0 radical (unpaired) electrons. The number of hydrogen-bond donors (Lipinski definition) is 1. The minimum atomic E-state index is -0.221. The molecule has 1 aromatic carbocycles. The molecule has 7 heteroatoms. The number of hydrogen-bond acceptors (Lipinski definition) is 3. The first-order valence-electron chi connectivity index (χ1n) is 4.17. The highest BCUT2D eigenvalue weighted by molar-refractivity contribution is 5.85. The molecule has 0 amide bonds. The van der Waals surface area contributed by atoms with Crippen molar-refractivity contribution in [3.05, 3.63) is 40.9 Å². The minimum Gasteiger partial charge on any atom is -0.317 e. The van der Waals surface area contributed by atoms with Crippen molar-refractivity contribution in [2.24, 2.45) is 0 Å². The lowest BCUT2D eigenvalue weighted by Crippen LogP contribution is -2.10. The lowest BCUT2D eigenvalue weighted by Gasteiger charge is -1.98. The summed E-state index contributed by atoms with van der Waals surface area (Å²) in [6, 6.07) is 7.52. The zero-order valence-electron chi connectivity index (χ0n) is 7.95. The van der Waals surface area contributed by atoms with Crippen LogP contribution in [0.15, 0.2) is 35.4 Å². The van der Waals surface area contributed by atoms with Gasteiger partial charge in [0.1, 0.15) is 6.33 Å². The lowest BCUT2D eigenvalue weighted by atomic mass is 10.3. The fraction of sp³-hybridized carbons (Fsp3) is 0. The Morgan fingerprint density at radius 1 is 1.19 bits per heavy atom. The van der Waals surface area contributed by atoms with Crippen molar-refractivity contribution >= 4 is 41.5 Å². The summed E-state index contributed by atoms with van der Waals surface area (Å²) in [5.74, 6) is 0. The molecule has 0 saturated carbocycles. The van der Waals surface area contributed by atoms with Crippen LogP contribution in [0.1, 0.15) is 0 Å². The van der Waals surface area contributed by atoms with E-state index in [4.69, 9.17) is 0 Å². The second-order valence-electron chi connectivity index (χ2n) is 3.00. The van der Waals surface area contributed by atoms with Crippen LogP contribution in [0, 0.1) is 0 Å². The monoisotopic (exact) mass is 258 g/mol. The quantitative estimate of drug-likeness (QED) is 0.664. The Kier molecular flexibility index (Phi) is 3.51. The number of halogens is 2. The largest absolute Gasteiger partial charge is 0.317 e. The molecule has 0 atom stereocenters. The van der Waals surface area contributed by atoms with Crippen molar-refractivity contribution < 1.29 is 0 Å². The van der Waals surface area contributed by atoms with E-state index in [0.717, 1.165) is 11.0 Å². The average molecular weight is 259 g/mol. The van der Waals surface area contributed by atoms with Crippen LogP contribution in [0.4, 0.5) is 0 Å². The maximum absolute atomic E-state index is 11.5. The van der Waals surface area contributed by atoms with Crippen LogP contribution in [0.2, 0.25) is 0 Å². The molecule has 0 unspecified atom stereocenters. The fourth-order valence-corrected chi connectivity index (χ4v) is 1.53. The van der Waals surface area contributed by atoms with E-state index in [-0.39, 0.29) is 30.4 Å². The number of fused-ring (bicyclic) bond motifs is 3. The molecule has 0 fully saturated rings. The van der Waals surface area contributed by atoms with Crippen LogP contribution in [0.3, 0.4) is 0 Å². The van der Waals surface area contributed by atoms with Gasteiger partial charge in [-0.3, -0.25) is 9.20 Å². The second kappa shape index (κ2) is 4.51. The molecule has 0 spiro atoms. The Balaban J connectivity index is 0.000000640. The molecule has 1 N–H and O–H groups in total. The topological polar surface area (TPSA) is 63.0 Å². The third-order valence-corrected chi connectivity index (χ3v) is 2.16. The van der Waals surface area contributed by atoms with E-state index in [1.165, 1.54) is 6.33 Å². The predicted octanol–water partition coefficient (Wildman–Crippen LogP) is 1.41. The smallest absolute Gasteiger partial charge is 0.294 e. The van der Waals surface area contributed by atoms with Crippen molar-refractivity contribution in [3.63, 3.8) is 0 Å². The molecule has 0 aliphatic heterocycles. The Morgan fingerprint density at radius 2 is 1.94 bits per heavy atom. The predicted molar refractivity (Wildman–Crippen MR) is 65.6 cm³/mol. The van der Waals surface area contributed by atoms with Crippen LogP contribution in [-0.2, 0) is 0 Å². The molecule has 2 aromatic heterocycles. The fourth-order valence-electron chi connectivity index (χ4n) is 1.53. The number of para-hydroxylation sites is 2. The van der Waals surface area contributed by atoms with Gasteiger partial charge < -0.3 is 4.98 Å². The van der Waals surface area contributed by atoms with Crippen LogP contribution in [0.25, 0.3) is 16.7 Å². The lowest BCUT2D eigenvalue weighted by molar-refractivity contribution is 1.11. The molecule has 0 aliphatic rings. The third-order valence-electron chi connectivity index (χ3n) is 2.16. The highest BCUT2D eigenvalue weighted by Crippen LogP contribution is 2.08. The zero-order chi connectivity index (χ0) is 9.54. The van der Waals surface area contributed by atoms with Crippen LogP contribution in [-0.4, -0.2) is 19.6 Å². The summed E-state index contributed by atoms with van der Waals surface area (Å²) in [6.07, 6.45) is 1.53. The Bertz CT molecular complexity index is 676. The Labute approximate surface area is 102 Å². The first-order valence-corrected chi connectivity index (χ1v) is 4.17. The first-order chi connectivity index (χ1) is 6.86. The van der Waals surface area contributed by atoms with Crippen molar-refractivity contribution in [1.29, 1.82) is 0 Å². The Morgan fingerprint density at radius 3 is 2.75 bits per heavy atom. The molecule has 3 aromatic rings. The van der Waals surface area contributed by atoms with E-state index >= 15 is 0 Å². The summed E-state index contributed by atoms with van der Waals surface area (Å²) in [5, 5.41) is 7.44. The number of aromatic nitrogens is 4. The van der Waals surface area contributed by atoms with Crippen LogP contribution >= 0.6 is 24.8 Å². The first kappa shape index (κ1) is 12.5. The molecule has 3 rings (SSSR count). The van der Waals surface area contributed by atoms with Gasteiger partial charge in [0, 0.05) is 0 Å². The number of nitrogens with one attached hydrogen (secondary N) is 1. The van der Waals surface area contributed by atoms with E-state index < -0.39 is 0 Å². The highest BCUT2D eigenvalue weighted by atomic mass is 35.5. The third kappa shape index (κ3) is 1.64. The van der Waals surface area contributed by atoms with E-state index in [1.807, 2.05) is 24.3 Å². The number of aromatic amines is 1. The van der Waals surface area contributed by atoms with Gasteiger partial charge >= 0.3 is 0 Å². The normalized spacial score (nSPS) is 9.75. The maximum Gasteiger partial charge on any atom is 0.294 e. The van der Waals surface area contributed by atoms with Gasteiger partial charge in [-0.25, -0.2) is 0 Å². The van der Waals surface area contributed by atoms with Crippen molar-refractivity contribution in [2.45, 2.75) is 0 Å². The van der Waals surface area contributed by atoms with Gasteiger partial charge in [-0.05, 0) is 12.1 Å². The minimum absolute atomic E-state index is 0. The summed E-state index contributed by atoms with van der Waals surface area (Å²) in [5.41, 5.74) is 1.78. The molecular formula is C9H8Cl2N4O. The van der Waals surface area contributed by atoms with Gasteiger partial charge in [0.05, 0.1) is 11.0 Å². The SMILES string of the molecule is Cl.Cl.O=c1[nH]c2ccccc2n2cnnc12. The van der Waals surface area contributed by atoms with Gasteiger partial charge in [-0.2, -0.15) is 0 Å². The van der Waals surface area contributed by atoms with E-state index in [2.05, 4.69) is 15.2 Å². The van der Waals surface area contributed by atoms with Gasteiger partial charge in [0.15, 0.2) is 0 Å². The van der Waals surface area contributed by atoms with Crippen molar-refractivity contribution in [2.75, 3.05) is 0 Å². The number of nitrogens with zero attached hydrogens (tertiary/aromatic N) is 3. The standard InChI is InChI=1S/C9H6N4O.2ClH/c14-9-8-12-10-5-13(8)7-4-2-1-3-6(7)11-9;;/h1-5H,(H,11,14);2*1H. The van der Waals surface area contributed by atoms with Gasteiger partial charge in [-0.1, -0.05) is 12.1 Å². The molecular weight excluding hydrogens is 251 g/mol. The summed E-state index contributed by atoms with van der Waals surface area (Å²) in [7, 11) is 0. The molecule has 84 valence electrons. The van der Waals surface area contributed by atoms with Gasteiger partial charge in [-0.15, -0.1) is 35.0 Å². The maximum atomic E-state index is 11.5. The van der Waals surface area contributed by atoms with E-state index in [1.54, 1.807) is 4.40 Å². The summed E-state index contributed by atoms with van der Waals surface area (Å²) in [4.78, 5) is 14.2. The zero-order valence-corrected chi connectivity index (χ0v) is 9.59. The molecule has 0 aliphatic carbocycles. The van der Waals surface area contributed by atoms with Crippen LogP contribution < -0.4 is 5.56 Å². The molecule has 2 heterocycles.